The molecule has 0 saturated carbocycles. The lowest BCUT2D eigenvalue weighted by molar-refractivity contribution is -0.117. The van der Waals surface area contributed by atoms with Crippen molar-refractivity contribution in [3.8, 4) is 11.5 Å². The summed E-state index contributed by atoms with van der Waals surface area (Å²) in [6.07, 6.45) is 3.70. The van der Waals surface area contributed by atoms with Crippen LogP contribution in [-0.2, 0) is 16.0 Å². The zero-order chi connectivity index (χ0) is 22.7. The molecular weight excluding hydrogens is 412 g/mol. The van der Waals surface area contributed by atoms with E-state index >= 15 is 0 Å². The van der Waals surface area contributed by atoms with Gasteiger partial charge in [0, 0.05) is 0 Å². The zero-order valence-electron chi connectivity index (χ0n) is 17.5. The van der Waals surface area contributed by atoms with Crippen molar-refractivity contribution in [2.75, 3.05) is 12.1 Å². The maximum absolute atomic E-state index is 12.8. The Morgan fingerprint density at radius 3 is 2.53 bits per heavy atom. The van der Waals surface area contributed by atoms with Crippen LogP contribution in [0.3, 0.4) is 0 Å². The number of aryl methyl sites for hydroxylation is 1. The minimum absolute atomic E-state index is 0.0213. The quantitative estimate of drug-likeness (QED) is 0.277. The number of amides is 2. The maximum Gasteiger partial charge on any atom is 0.379 e. The van der Waals surface area contributed by atoms with Crippen LogP contribution in [0.5, 0.6) is 11.5 Å². The van der Waals surface area contributed by atoms with Gasteiger partial charge >= 0.3 is 5.97 Å². The molecule has 1 aliphatic rings. The van der Waals surface area contributed by atoms with E-state index in [0.29, 0.717) is 11.3 Å². The van der Waals surface area contributed by atoms with Crippen LogP contribution in [0.4, 0.5) is 5.69 Å². The van der Waals surface area contributed by atoms with Gasteiger partial charge in [0.15, 0.2) is 11.5 Å². The van der Waals surface area contributed by atoms with Crippen molar-refractivity contribution in [1.29, 1.82) is 0 Å². The van der Waals surface area contributed by atoms with Crippen molar-refractivity contribution in [2.45, 2.75) is 13.3 Å². The van der Waals surface area contributed by atoms with Crippen LogP contribution in [0, 0.1) is 0 Å². The first-order valence-electron chi connectivity index (χ1n) is 9.90. The summed E-state index contributed by atoms with van der Waals surface area (Å²) in [5.41, 5.74) is 4.78. The Morgan fingerprint density at radius 1 is 1.09 bits per heavy atom. The van der Waals surface area contributed by atoms with Gasteiger partial charge in [-0.15, -0.1) is 0 Å². The molecule has 8 nitrogen and oxygen atoms in total. The summed E-state index contributed by atoms with van der Waals surface area (Å²) < 4.78 is 15.6. The van der Waals surface area contributed by atoms with Crippen molar-refractivity contribution in [3.05, 3.63) is 83.3 Å². The monoisotopic (exact) mass is 432 g/mol. The van der Waals surface area contributed by atoms with E-state index in [4.69, 9.17) is 13.9 Å². The molecule has 1 aromatic heterocycles. The minimum Gasteiger partial charge on any atom is -0.493 e. The van der Waals surface area contributed by atoms with Crippen molar-refractivity contribution < 1.29 is 28.3 Å². The highest BCUT2D eigenvalue weighted by Gasteiger charge is 2.34. The molecule has 2 amide bonds. The average molecular weight is 432 g/mol. The summed E-state index contributed by atoms with van der Waals surface area (Å²) in [6.45, 7) is 2.04. The van der Waals surface area contributed by atoms with Gasteiger partial charge in [0.05, 0.1) is 19.1 Å². The SMILES string of the molecule is CCc1ccc(N2NC(=O)C(=Cc3ccc(OC(=O)c4ccco4)c(OC)c3)C2=O)cc1. The molecule has 0 aliphatic carbocycles. The number of carbonyl (C=O) groups excluding carboxylic acids is 3. The van der Waals surface area contributed by atoms with E-state index in [1.54, 1.807) is 30.3 Å². The topological polar surface area (TPSA) is 98.1 Å². The maximum atomic E-state index is 12.8. The molecule has 162 valence electrons. The first-order valence-corrected chi connectivity index (χ1v) is 9.90. The molecule has 1 fully saturated rings. The van der Waals surface area contributed by atoms with Gasteiger partial charge in [0.25, 0.3) is 11.8 Å². The Kier molecular flexibility index (Phi) is 5.76. The molecule has 0 radical (unpaired) electrons. The minimum atomic E-state index is -0.672. The Morgan fingerprint density at radius 2 is 1.88 bits per heavy atom. The van der Waals surface area contributed by atoms with Crippen LogP contribution < -0.4 is 19.9 Å². The Bertz CT molecular complexity index is 1200. The number of anilines is 1. The van der Waals surface area contributed by atoms with Crippen LogP contribution in [0.2, 0.25) is 0 Å². The second-order valence-corrected chi connectivity index (χ2v) is 6.94. The summed E-state index contributed by atoms with van der Waals surface area (Å²) in [7, 11) is 1.42. The van der Waals surface area contributed by atoms with Gasteiger partial charge in [0.2, 0.25) is 5.76 Å². The first kappa shape index (κ1) is 20.9. The van der Waals surface area contributed by atoms with E-state index in [-0.39, 0.29) is 22.8 Å². The smallest absolute Gasteiger partial charge is 0.379 e. The largest absolute Gasteiger partial charge is 0.493 e. The van der Waals surface area contributed by atoms with E-state index < -0.39 is 17.8 Å². The van der Waals surface area contributed by atoms with E-state index in [0.717, 1.165) is 12.0 Å². The van der Waals surface area contributed by atoms with Crippen LogP contribution in [0.15, 0.2) is 70.9 Å². The third-order valence-corrected chi connectivity index (χ3v) is 4.92. The molecule has 0 atom stereocenters. The van der Waals surface area contributed by atoms with Gasteiger partial charge < -0.3 is 13.9 Å². The highest BCUT2D eigenvalue weighted by Crippen LogP contribution is 2.30. The lowest BCUT2D eigenvalue weighted by Gasteiger charge is -2.14. The number of hydrogen-bond donors (Lipinski definition) is 1. The number of methoxy groups -OCH3 is 1. The number of rotatable bonds is 6. The lowest BCUT2D eigenvalue weighted by atomic mass is 10.1. The van der Waals surface area contributed by atoms with Gasteiger partial charge in [-0.25, -0.2) is 9.80 Å². The standard InChI is InChI=1S/C24H20N2O6/c1-3-15-6-9-17(10-7-15)26-23(28)18(22(27)25-26)13-16-8-11-19(21(14-16)30-2)32-24(29)20-5-4-12-31-20/h4-14H,3H2,1-2H3,(H,25,27). The van der Waals surface area contributed by atoms with E-state index in [1.807, 2.05) is 19.1 Å². The molecule has 1 N–H and O–H groups in total. The molecule has 0 bridgehead atoms. The van der Waals surface area contributed by atoms with Gasteiger partial charge in [-0.2, -0.15) is 0 Å². The highest BCUT2D eigenvalue weighted by molar-refractivity contribution is 6.31. The predicted molar refractivity (Wildman–Crippen MR) is 116 cm³/mol. The number of carbonyl (C=O) groups is 3. The number of nitrogens with zero attached hydrogens (tertiary/aromatic N) is 1. The Hall–Kier alpha value is -4.33. The fourth-order valence-corrected chi connectivity index (χ4v) is 3.19. The van der Waals surface area contributed by atoms with Crippen LogP contribution in [0.25, 0.3) is 6.08 Å². The molecule has 0 spiro atoms. The Balaban J connectivity index is 1.56. The van der Waals surface area contributed by atoms with Crippen LogP contribution in [-0.4, -0.2) is 24.9 Å². The molecule has 8 heteroatoms. The Labute approximate surface area is 184 Å². The first-order chi connectivity index (χ1) is 15.5. The third-order valence-electron chi connectivity index (χ3n) is 4.92. The molecule has 1 saturated heterocycles. The third kappa shape index (κ3) is 4.11. The summed E-state index contributed by atoms with van der Waals surface area (Å²) in [4.78, 5) is 37.4. The van der Waals surface area contributed by atoms with E-state index in [2.05, 4.69) is 5.43 Å². The summed E-state index contributed by atoms with van der Waals surface area (Å²) in [6, 6.07) is 15.1. The summed E-state index contributed by atoms with van der Waals surface area (Å²) >= 11 is 0. The molecule has 32 heavy (non-hydrogen) atoms. The van der Waals surface area contributed by atoms with E-state index in [9.17, 15) is 14.4 Å². The molecule has 2 aromatic carbocycles. The van der Waals surface area contributed by atoms with Gasteiger partial charge in [-0.3, -0.25) is 15.0 Å². The fraction of sp³-hybridized carbons (Fsp3) is 0.125. The number of benzene rings is 2. The van der Waals surface area contributed by atoms with Crippen LogP contribution >= 0.6 is 0 Å². The van der Waals surface area contributed by atoms with Crippen molar-refractivity contribution in [3.63, 3.8) is 0 Å². The molecule has 1 aliphatic heterocycles. The number of esters is 1. The van der Waals surface area contributed by atoms with Crippen LogP contribution in [0.1, 0.15) is 28.6 Å². The molecule has 4 rings (SSSR count). The molecule has 3 aromatic rings. The second-order valence-electron chi connectivity index (χ2n) is 6.94. The highest BCUT2D eigenvalue weighted by atomic mass is 16.6. The number of furan rings is 1. The van der Waals surface area contributed by atoms with Gasteiger partial charge in [-0.05, 0) is 60.0 Å². The predicted octanol–water partition coefficient (Wildman–Crippen LogP) is 3.53. The number of ether oxygens (including phenoxy) is 2. The molecule has 2 heterocycles. The summed E-state index contributed by atoms with van der Waals surface area (Å²) in [5.74, 6) is -1.16. The van der Waals surface area contributed by atoms with Gasteiger partial charge in [-0.1, -0.05) is 25.1 Å². The molecular formula is C24H20N2O6. The average Bonchev–Trinajstić information content (AvgIpc) is 3.45. The number of hydrogen-bond acceptors (Lipinski definition) is 6. The van der Waals surface area contributed by atoms with Crippen molar-refractivity contribution in [1.82, 2.24) is 5.43 Å². The van der Waals surface area contributed by atoms with Crippen molar-refractivity contribution in [2.24, 2.45) is 0 Å². The number of nitrogens with one attached hydrogen (secondary N) is 1. The fourth-order valence-electron chi connectivity index (χ4n) is 3.19. The summed E-state index contributed by atoms with van der Waals surface area (Å²) in [5, 5.41) is 1.21. The van der Waals surface area contributed by atoms with Crippen molar-refractivity contribution >= 4 is 29.5 Å². The normalized spacial score (nSPS) is 14.6. The van der Waals surface area contributed by atoms with E-state index in [1.165, 1.54) is 36.6 Å². The van der Waals surface area contributed by atoms with Gasteiger partial charge in [0.1, 0.15) is 5.57 Å². The lowest BCUT2D eigenvalue weighted by Crippen LogP contribution is -2.35. The number of hydrazine groups is 1. The second kappa shape index (κ2) is 8.81. The zero-order valence-corrected chi connectivity index (χ0v) is 17.5. The molecule has 0 unspecified atom stereocenters.